The number of aromatic nitrogens is 1. The fourth-order valence-corrected chi connectivity index (χ4v) is 4.41. The van der Waals surface area contributed by atoms with Crippen LogP contribution in [0.3, 0.4) is 0 Å². The summed E-state index contributed by atoms with van der Waals surface area (Å²) < 4.78 is 5.77. The minimum atomic E-state index is -0.119. The molecule has 1 N–H and O–H groups in total. The zero-order valence-corrected chi connectivity index (χ0v) is 16.8. The Morgan fingerprint density at radius 3 is 2.71 bits per heavy atom. The molecule has 2 fully saturated rings. The molecule has 0 radical (unpaired) electrons. The van der Waals surface area contributed by atoms with E-state index in [2.05, 4.69) is 24.0 Å². The molecule has 2 amide bonds. The fourth-order valence-electron chi connectivity index (χ4n) is 4.41. The Morgan fingerprint density at radius 2 is 2.00 bits per heavy atom. The van der Waals surface area contributed by atoms with Crippen molar-refractivity contribution in [3.8, 4) is 0 Å². The van der Waals surface area contributed by atoms with Crippen LogP contribution in [0.4, 0.5) is 4.79 Å². The van der Waals surface area contributed by atoms with E-state index in [4.69, 9.17) is 4.74 Å². The number of aromatic amines is 1. The molecule has 1 aromatic carbocycles. The lowest BCUT2D eigenvalue weighted by Gasteiger charge is -2.29. The quantitative estimate of drug-likeness (QED) is 0.881. The molecular weight excluding hydrogens is 354 g/mol. The van der Waals surface area contributed by atoms with E-state index in [9.17, 15) is 9.59 Å². The first kappa shape index (κ1) is 19.0. The lowest BCUT2D eigenvalue weighted by atomic mass is 10.1. The molecular formula is C22H29N3O3. The number of benzene rings is 1. The zero-order valence-electron chi connectivity index (χ0n) is 16.8. The zero-order chi connectivity index (χ0) is 19.7. The molecule has 2 aliphatic rings. The Kier molecular flexibility index (Phi) is 5.40. The van der Waals surface area contributed by atoms with Crippen molar-refractivity contribution in [3.63, 3.8) is 0 Å². The second-order valence-corrected chi connectivity index (χ2v) is 8.16. The summed E-state index contributed by atoms with van der Waals surface area (Å²) in [7, 11) is 0. The fraction of sp³-hybridized carbons (Fsp3) is 0.545. The van der Waals surface area contributed by atoms with Crippen molar-refractivity contribution < 1.29 is 9.53 Å². The number of carbonyl (C=O) groups excluding carboxylic acids is 1. The van der Waals surface area contributed by atoms with Gasteiger partial charge in [0.2, 0.25) is 0 Å². The first-order valence-electron chi connectivity index (χ1n) is 10.3. The second kappa shape index (κ2) is 7.95. The second-order valence-electron chi connectivity index (χ2n) is 8.16. The molecule has 4 rings (SSSR count). The van der Waals surface area contributed by atoms with Gasteiger partial charge in [0.05, 0.1) is 18.2 Å². The Labute approximate surface area is 165 Å². The molecule has 6 nitrogen and oxygen atoms in total. The number of fused-ring (bicyclic) bond motifs is 1. The van der Waals surface area contributed by atoms with Crippen molar-refractivity contribution >= 4 is 16.9 Å². The van der Waals surface area contributed by atoms with E-state index in [-0.39, 0.29) is 17.7 Å². The maximum Gasteiger partial charge on any atom is 0.320 e. The minimum Gasteiger partial charge on any atom is -0.376 e. The van der Waals surface area contributed by atoms with Crippen molar-refractivity contribution in [2.24, 2.45) is 0 Å². The summed E-state index contributed by atoms with van der Waals surface area (Å²) in [5.41, 5.74) is 3.60. The van der Waals surface area contributed by atoms with Crippen LogP contribution in [0, 0.1) is 13.8 Å². The van der Waals surface area contributed by atoms with Gasteiger partial charge in [-0.2, -0.15) is 0 Å². The molecule has 2 aliphatic heterocycles. The highest BCUT2D eigenvalue weighted by Gasteiger charge is 2.28. The number of urea groups is 1. The largest absolute Gasteiger partial charge is 0.376 e. The number of nitrogens with one attached hydrogen (secondary N) is 1. The molecule has 0 saturated carbocycles. The average molecular weight is 383 g/mol. The predicted octanol–water partition coefficient (Wildman–Crippen LogP) is 3.34. The molecule has 2 aromatic rings. The Balaban J connectivity index is 1.64. The summed E-state index contributed by atoms with van der Waals surface area (Å²) in [6.45, 7) is 7.27. The van der Waals surface area contributed by atoms with Crippen LogP contribution in [-0.4, -0.2) is 53.2 Å². The van der Waals surface area contributed by atoms with Crippen molar-refractivity contribution in [2.45, 2.75) is 52.2 Å². The number of ether oxygens (including phenoxy) is 1. The van der Waals surface area contributed by atoms with E-state index in [1.807, 2.05) is 17.9 Å². The van der Waals surface area contributed by atoms with E-state index in [0.717, 1.165) is 67.4 Å². The SMILES string of the molecule is Cc1cc(C)c2[nH]c(=O)c(CN(C[C@@H]3CCCO3)C(=O)N3CCCC3)cc2c1. The number of aryl methyl sites for hydroxylation is 2. The third-order valence-electron chi connectivity index (χ3n) is 5.83. The first-order chi connectivity index (χ1) is 13.5. The highest BCUT2D eigenvalue weighted by atomic mass is 16.5. The summed E-state index contributed by atoms with van der Waals surface area (Å²) in [5.74, 6) is 0. The molecule has 150 valence electrons. The van der Waals surface area contributed by atoms with Crippen LogP contribution in [0.2, 0.25) is 0 Å². The highest BCUT2D eigenvalue weighted by molar-refractivity contribution is 5.83. The number of likely N-dealkylation sites (tertiary alicyclic amines) is 1. The monoisotopic (exact) mass is 383 g/mol. The number of nitrogens with zero attached hydrogens (tertiary/aromatic N) is 2. The van der Waals surface area contributed by atoms with E-state index in [1.165, 1.54) is 0 Å². The van der Waals surface area contributed by atoms with Gasteiger partial charge in [-0.25, -0.2) is 4.79 Å². The number of amides is 2. The summed E-state index contributed by atoms with van der Waals surface area (Å²) >= 11 is 0. The van der Waals surface area contributed by atoms with E-state index in [0.29, 0.717) is 18.7 Å². The van der Waals surface area contributed by atoms with Crippen molar-refractivity contribution in [2.75, 3.05) is 26.2 Å². The Hall–Kier alpha value is -2.34. The highest BCUT2D eigenvalue weighted by Crippen LogP contribution is 2.21. The third kappa shape index (κ3) is 3.92. The van der Waals surface area contributed by atoms with Crippen LogP contribution in [0.25, 0.3) is 10.9 Å². The molecule has 0 spiro atoms. The van der Waals surface area contributed by atoms with Crippen molar-refractivity contribution in [3.05, 3.63) is 45.2 Å². The summed E-state index contributed by atoms with van der Waals surface area (Å²) in [5, 5.41) is 1.01. The molecule has 28 heavy (non-hydrogen) atoms. The van der Waals surface area contributed by atoms with Gasteiger partial charge in [-0.05, 0) is 62.6 Å². The van der Waals surface area contributed by atoms with Crippen LogP contribution >= 0.6 is 0 Å². The van der Waals surface area contributed by atoms with Crippen LogP contribution in [0.1, 0.15) is 42.4 Å². The number of H-pyrrole nitrogens is 1. The molecule has 2 saturated heterocycles. The summed E-state index contributed by atoms with van der Waals surface area (Å²) in [6.07, 6.45) is 4.17. The van der Waals surface area contributed by atoms with Crippen LogP contribution in [0.15, 0.2) is 23.0 Å². The van der Waals surface area contributed by atoms with E-state index in [1.54, 1.807) is 4.90 Å². The number of pyridine rings is 1. The molecule has 3 heterocycles. The number of hydrogen-bond acceptors (Lipinski definition) is 3. The standard InChI is InChI=1S/C22H29N3O3/c1-15-10-16(2)20-17(11-15)12-18(21(26)23-20)13-25(14-19-6-5-9-28-19)22(27)24-7-3-4-8-24/h10-12,19H,3-9,13-14H2,1-2H3,(H,23,26)/t19-/m0/s1. The summed E-state index contributed by atoms with van der Waals surface area (Å²) in [4.78, 5) is 32.6. The smallest absolute Gasteiger partial charge is 0.320 e. The van der Waals surface area contributed by atoms with Gasteiger partial charge in [0.15, 0.2) is 0 Å². The van der Waals surface area contributed by atoms with Crippen molar-refractivity contribution in [1.82, 2.24) is 14.8 Å². The Bertz CT molecular complexity index is 925. The molecule has 0 bridgehead atoms. The van der Waals surface area contributed by atoms with Crippen LogP contribution in [0.5, 0.6) is 0 Å². The van der Waals surface area contributed by atoms with Gasteiger partial charge in [-0.3, -0.25) is 4.79 Å². The summed E-state index contributed by atoms with van der Waals surface area (Å²) in [6, 6.07) is 6.11. The maximum absolute atomic E-state index is 13.1. The van der Waals surface area contributed by atoms with Crippen molar-refractivity contribution in [1.29, 1.82) is 0 Å². The normalized spacial score (nSPS) is 19.5. The predicted molar refractivity (Wildman–Crippen MR) is 110 cm³/mol. The van der Waals surface area contributed by atoms with Gasteiger partial charge in [-0.1, -0.05) is 11.6 Å². The number of hydrogen-bond donors (Lipinski definition) is 1. The number of carbonyl (C=O) groups is 1. The third-order valence-corrected chi connectivity index (χ3v) is 5.83. The lowest BCUT2D eigenvalue weighted by Crippen LogP contribution is -2.45. The van der Waals surface area contributed by atoms with Gasteiger partial charge in [0.25, 0.3) is 5.56 Å². The number of rotatable bonds is 4. The first-order valence-corrected chi connectivity index (χ1v) is 10.3. The van der Waals surface area contributed by atoms with Gasteiger partial charge in [0, 0.05) is 31.8 Å². The van der Waals surface area contributed by atoms with Gasteiger partial charge >= 0.3 is 6.03 Å². The maximum atomic E-state index is 13.1. The molecule has 1 aromatic heterocycles. The lowest BCUT2D eigenvalue weighted by molar-refractivity contribution is 0.0725. The molecule has 1 atom stereocenters. The average Bonchev–Trinajstić information content (AvgIpc) is 3.35. The molecule has 0 unspecified atom stereocenters. The van der Waals surface area contributed by atoms with Gasteiger partial charge in [0.1, 0.15) is 0 Å². The molecule has 0 aliphatic carbocycles. The van der Waals surface area contributed by atoms with Crippen LogP contribution in [-0.2, 0) is 11.3 Å². The van der Waals surface area contributed by atoms with Gasteiger partial charge in [-0.15, -0.1) is 0 Å². The van der Waals surface area contributed by atoms with E-state index >= 15 is 0 Å². The van der Waals surface area contributed by atoms with Gasteiger partial charge < -0.3 is 19.5 Å². The topological polar surface area (TPSA) is 65.6 Å². The van der Waals surface area contributed by atoms with Crippen LogP contribution < -0.4 is 5.56 Å². The van der Waals surface area contributed by atoms with E-state index < -0.39 is 0 Å². The minimum absolute atomic E-state index is 0.0212. The Morgan fingerprint density at radius 1 is 1.21 bits per heavy atom. The molecule has 6 heteroatoms.